The van der Waals surface area contributed by atoms with Crippen molar-refractivity contribution in [1.29, 1.82) is 0 Å². The molecular weight excluding hydrogens is 294 g/mol. The SMILES string of the molecule is NC(=S)c1cccc(CNS(=O)(=O)N2CCCCC2)c1. The van der Waals surface area contributed by atoms with E-state index < -0.39 is 10.2 Å². The first-order valence-corrected chi connectivity index (χ1v) is 8.47. The lowest BCUT2D eigenvalue weighted by Gasteiger charge is -2.25. The van der Waals surface area contributed by atoms with Crippen molar-refractivity contribution in [3.05, 3.63) is 35.4 Å². The number of nitrogens with zero attached hydrogens (tertiary/aromatic N) is 1. The summed E-state index contributed by atoms with van der Waals surface area (Å²) in [6.07, 6.45) is 2.96. The van der Waals surface area contributed by atoms with Crippen LogP contribution in [-0.4, -0.2) is 30.8 Å². The van der Waals surface area contributed by atoms with Crippen molar-refractivity contribution in [2.24, 2.45) is 5.73 Å². The Morgan fingerprint density at radius 1 is 1.30 bits per heavy atom. The average molecular weight is 313 g/mol. The van der Waals surface area contributed by atoms with Crippen molar-refractivity contribution in [2.45, 2.75) is 25.8 Å². The summed E-state index contributed by atoms with van der Waals surface area (Å²) in [6.45, 7) is 1.44. The predicted molar refractivity (Wildman–Crippen MR) is 83.5 cm³/mol. The van der Waals surface area contributed by atoms with Crippen LogP contribution in [0.5, 0.6) is 0 Å². The molecule has 0 radical (unpaired) electrons. The second-order valence-corrected chi connectivity index (χ2v) is 7.05. The van der Waals surface area contributed by atoms with E-state index in [1.165, 1.54) is 4.31 Å². The first-order chi connectivity index (χ1) is 9.49. The summed E-state index contributed by atoms with van der Waals surface area (Å²) in [5.41, 5.74) is 7.15. The minimum atomic E-state index is -3.40. The van der Waals surface area contributed by atoms with Crippen molar-refractivity contribution in [3.8, 4) is 0 Å². The van der Waals surface area contributed by atoms with Crippen molar-refractivity contribution >= 4 is 27.4 Å². The molecule has 0 unspecified atom stereocenters. The molecule has 0 aliphatic carbocycles. The van der Waals surface area contributed by atoms with Crippen LogP contribution >= 0.6 is 12.2 Å². The van der Waals surface area contributed by atoms with Crippen LogP contribution in [0, 0.1) is 0 Å². The monoisotopic (exact) mass is 313 g/mol. The van der Waals surface area contributed by atoms with Gasteiger partial charge in [0.2, 0.25) is 0 Å². The molecular formula is C13H19N3O2S2. The fourth-order valence-electron chi connectivity index (χ4n) is 2.21. The van der Waals surface area contributed by atoms with Gasteiger partial charge in [0.1, 0.15) is 4.99 Å². The largest absolute Gasteiger partial charge is 0.389 e. The number of thiocarbonyl (C=S) groups is 1. The van der Waals surface area contributed by atoms with E-state index in [4.69, 9.17) is 18.0 Å². The summed E-state index contributed by atoms with van der Waals surface area (Å²) in [5.74, 6) is 0. The zero-order valence-electron chi connectivity index (χ0n) is 11.2. The van der Waals surface area contributed by atoms with Crippen LogP contribution < -0.4 is 10.5 Å². The first kappa shape index (κ1) is 15.4. The third-order valence-corrected chi connectivity index (χ3v) is 5.11. The molecule has 0 amide bonds. The lowest BCUT2D eigenvalue weighted by atomic mass is 10.1. The third-order valence-electron chi connectivity index (χ3n) is 3.33. The van der Waals surface area contributed by atoms with Gasteiger partial charge in [0.15, 0.2) is 0 Å². The van der Waals surface area contributed by atoms with Crippen molar-refractivity contribution in [1.82, 2.24) is 9.03 Å². The van der Waals surface area contributed by atoms with E-state index in [1.54, 1.807) is 6.07 Å². The molecule has 5 nitrogen and oxygen atoms in total. The Morgan fingerprint density at radius 2 is 2.00 bits per heavy atom. The van der Waals surface area contributed by atoms with Crippen LogP contribution in [0.3, 0.4) is 0 Å². The van der Waals surface area contributed by atoms with Gasteiger partial charge in [-0.05, 0) is 24.5 Å². The number of benzene rings is 1. The standard InChI is InChI=1S/C13H19N3O2S2/c14-13(19)12-6-4-5-11(9-12)10-15-20(17,18)16-7-2-1-3-8-16/h4-6,9,15H,1-3,7-8,10H2,(H2,14,19). The summed E-state index contributed by atoms with van der Waals surface area (Å²) in [5, 5.41) is 0. The Bertz CT molecular complexity index is 581. The third kappa shape index (κ3) is 3.99. The molecule has 20 heavy (non-hydrogen) atoms. The van der Waals surface area contributed by atoms with E-state index >= 15 is 0 Å². The van der Waals surface area contributed by atoms with Gasteiger partial charge in [0.05, 0.1) is 0 Å². The highest BCUT2D eigenvalue weighted by atomic mass is 32.2. The average Bonchev–Trinajstić information content (AvgIpc) is 2.46. The highest BCUT2D eigenvalue weighted by Gasteiger charge is 2.23. The Morgan fingerprint density at radius 3 is 2.65 bits per heavy atom. The number of rotatable bonds is 5. The fraction of sp³-hybridized carbons (Fsp3) is 0.462. The van der Waals surface area contributed by atoms with Gasteiger partial charge in [-0.15, -0.1) is 0 Å². The van der Waals surface area contributed by atoms with Crippen LogP contribution in [0.15, 0.2) is 24.3 Å². The van der Waals surface area contributed by atoms with Gasteiger partial charge in [0.25, 0.3) is 10.2 Å². The Kier molecular flexibility index (Phi) is 5.09. The number of piperidine rings is 1. The number of nitrogens with two attached hydrogens (primary N) is 1. The molecule has 1 saturated heterocycles. The Hall–Kier alpha value is -1.02. The van der Waals surface area contributed by atoms with Crippen LogP contribution in [0.2, 0.25) is 0 Å². The van der Waals surface area contributed by atoms with E-state index in [-0.39, 0.29) is 6.54 Å². The molecule has 110 valence electrons. The van der Waals surface area contributed by atoms with Gasteiger partial charge in [-0.3, -0.25) is 0 Å². The number of hydrogen-bond donors (Lipinski definition) is 2. The summed E-state index contributed by atoms with van der Waals surface area (Å²) in [7, 11) is -3.40. The quantitative estimate of drug-likeness (QED) is 0.799. The van der Waals surface area contributed by atoms with Crippen molar-refractivity contribution in [3.63, 3.8) is 0 Å². The fourth-order valence-corrected chi connectivity index (χ4v) is 3.60. The summed E-state index contributed by atoms with van der Waals surface area (Å²) in [6, 6.07) is 7.28. The lowest BCUT2D eigenvalue weighted by molar-refractivity contribution is 0.341. The van der Waals surface area contributed by atoms with Crippen LogP contribution in [0.4, 0.5) is 0 Å². The molecule has 0 aromatic heterocycles. The second kappa shape index (κ2) is 6.62. The zero-order valence-corrected chi connectivity index (χ0v) is 12.8. The summed E-state index contributed by atoms with van der Waals surface area (Å²) >= 11 is 4.91. The summed E-state index contributed by atoms with van der Waals surface area (Å²) < 4.78 is 28.4. The molecule has 0 saturated carbocycles. The minimum absolute atomic E-state index is 0.245. The predicted octanol–water partition coefficient (Wildman–Crippen LogP) is 1.14. The maximum Gasteiger partial charge on any atom is 0.279 e. The topological polar surface area (TPSA) is 75.4 Å². The molecule has 0 bridgehead atoms. The summed E-state index contributed by atoms with van der Waals surface area (Å²) in [4.78, 5) is 0.311. The molecule has 1 aliphatic heterocycles. The van der Waals surface area contributed by atoms with Crippen LogP contribution in [-0.2, 0) is 16.8 Å². The maximum atomic E-state index is 12.1. The molecule has 1 aromatic rings. The molecule has 7 heteroatoms. The second-order valence-electron chi connectivity index (χ2n) is 4.85. The van der Waals surface area contributed by atoms with Crippen LogP contribution in [0.25, 0.3) is 0 Å². The molecule has 1 heterocycles. The van der Waals surface area contributed by atoms with Gasteiger partial charge in [-0.25, -0.2) is 0 Å². The molecule has 0 spiro atoms. The number of nitrogens with one attached hydrogen (secondary N) is 1. The normalized spacial score (nSPS) is 17.0. The van der Waals surface area contributed by atoms with Gasteiger partial charge in [0, 0.05) is 25.2 Å². The molecule has 3 N–H and O–H groups in total. The van der Waals surface area contributed by atoms with Gasteiger partial charge < -0.3 is 5.73 Å². The number of hydrogen-bond acceptors (Lipinski definition) is 3. The smallest absolute Gasteiger partial charge is 0.279 e. The van der Waals surface area contributed by atoms with Gasteiger partial charge in [-0.2, -0.15) is 17.4 Å². The van der Waals surface area contributed by atoms with Crippen molar-refractivity contribution < 1.29 is 8.42 Å². The minimum Gasteiger partial charge on any atom is -0.389 e. The van der Waals surface area contributed by atoms with Crippen LogP contribution in [0.1, 0.15) is 30.4 Å². The van der Waals surface area contributed by atoms with E-state index in [0.29, 0.717) is 18.1 Å². The van der Waals surface area contributed by atoms with Crippen molar-refractivity contribution in [2.75, 3.05) is 13.1 Å². The van der Waals surface area contributed by atoms with E-state index in [9.17, 15) is 8.42 Å². The molecule has 1 fully saturated rings. The molecule has 1 aromatic carbocycles. The Balaban J connectivity index is 2.00. The van der Waals surface area contributed by atoms with Gasteiger partial charge in [-0.1, -0.05) is 36.8 Å². The first-order valence-electron chi connectivity index (χ1n) is 6.62. The highest BCUT2D eigenvalue weighted by Crippen LogP contribution is 2.12. The van der Waals surface area contributed by atoms with E-state index in [0.717, 1.165) is 30.4 Å². The van der Waals surface area contributed by atoms with E-state index in [2.05, 4.69) is 4.72 Å². The highest BCUT2D eigenvalue weighted by molar-refractivity contribution is 7.87. The molecule has 1 aliphatic rings. The zero-order chi connectivity index (χ0) is 14.6. The maximum absolute atomic E-state index is 12.1. The Labute approximate surface area is 125 Å². The van der Waals surface area contributed by atoms with Gasteiger partial charge >= 0.3 is 0 Å². The molecule has 2 rings (SSSR count). The molecule has 0 atom stereocenters. The van der Waals surface area contributed by atoms with E-state index in [1.807, 2.05) is 18.2 Å². The lowest BCUT2D eigenvalue weighted by Crippen LogP contribution is -2.43.